The molecule has 1 aliphatic carbocycles. The van der Waals surface area contributed by atoms with Gasteiger partial charge in [0.1, 0.15) is 5.75 Å². The van der Waals surface area contributed by atoms with Crippen LogP contribution in [-0.4, -0.2) is 19.1 Å². The maximum atomic E-state index is 5.48. The molecule has 0 amide bonds. The molecule has 0 aromatic heterocycles. The Bertz CT molecular complexity index is 694. The van der Waals surface area contributed by atoms with Gasteiger partial charge in [0, 0.05) is 6.54 Å². The predicted octanol–water partition coefficient (Wildman–Crippen LogP) is 3.72. The van der Waals surface area contributed by atoms with Crippen LogP contribution < -0.4 is 4.74 Å². The second-order valence-corrected chi connectivity index (χ2v) is 6.25. The van der Waals surface area contributed by atoms with E-state index in [0.717, 1.165) is 12.3 Å². The summed E-state index contributed by atoms with van der Waals surface area (Å²) in [5, 5.41) is 0. The molecule has 0 saturated heterocycles. The molecule has 1 aliphatic heterocycles. The second kappa shape index (κ2) is 4.60. The molecule has 1 heterocycles. The molecule has 0 saturated carbocycles. The molecule has 4 rings (SSSR count). The van der Waals surface area contributed by atoms with Crippen LogP contribution in [0.4, 0.5) is 0 Å². The normalized spacial score (nSPS) is 23.9. The van der Waals surface area contributed by atoms with Gasteiger partial charge in [0.2, 0.25) is 0 Å². The number of benzene rings is 2. The van der Waals surface area contributed by atoms with Crippen LogP contribution in [0.2, 0.25) is 0 Å². The number of ether oxygens (including phenoxy) is 1. The third-order valence-electron chi connectivity index (χ3n) is 5.27. The van der Waals surface area contributed by atoms with Gasteiger partial charge in [-0.05, 0) is 60.7 Å². The first-order chi connectivity index (χ1) is 10.3. The fraction of sp³-hybridized carbons (Fsp3) is 0.368. The van der Waals surface area contributed by atoms with Gasteiger partial charge in [-0.1, -0.05) is 30.3 Å². The highest BCUT2D eigenvalue weighted by Crippen LogP contribution is 2.50. The van der Waals surface area contributed by atoms with Crippen LogP contribution in [0.1, 0.15) is 35.1 Å². The van der Waals surface area contributed by atoms with Gasteiger partial charge in [-0.25, -0.2) is 0 Å². The lowest BCUT2D eigenvalue weighted by molar-refractivity contribution is 0.156. The van der Waals surface area contributed by atoms with Crippen molar-refractivity contribution in [3.8, 4) is 5.75 Å². The Kier molecular flexibility index (Phi) is 2.83. The second-order valence-electron chi connectivity index (χ2n) is 6.25. The van der Waals surface area contributed by atoms with Gasteiger partial charge in [0.15, 0.2) is 0 Å². The van der Waals surface area contributed by atoms with Crippen LogP contribution in [0.3, 0.4) is 0 Å². The van der Waals surface area contributed by atoms with Gasteiger partial charge in [0.25, 0.3) is 0 Å². The average molecular weight is 279 g/mol. The zero-order valence-corrected chi connectivity index (χ0v) is 12.7. The van der Waals surface area contributed by atoms with E-state index in [1.54, 1.807) is 7.11 Å². The number of rotatable bonds is 1. The Morgan fingerprint density at radius 2 is 1.90 bits per heavy atom. The number of methoxy groups -OCH3 is 1. The number of fused-ring (bicyclic) bond motifs is 4. The van der Waals surface area contributed by atoms with Crippen molar-refractivity contribution in [1.29, 1.82) is 0 Å². The molecule has 2 aromatic carbocycles. The van der Waals surface area contributed by atoms with E-state index in [1.165, 1.54) is 41.5 Å². The van der Waals surface area contributed by atoms with Gasteiger partial charge in [-0.2, -0.15) is 0 Å². The highest BCUT2D eigenvalue weighted by atomic mass is 16.5. The maximum Gasteiger partial charge on any atom is 0.119 e. The monoisotopic (exact) mass is 279 g/mol. The number of nitrogens with zero attached hydrogens (tertiary/aromatic N) is 1. The highest BCUT2D eigenvalue weighted by Gasteiger charge is 2.46. The van der Waals surface area contributed by atoms with Crippen molar-refractivity contribution in [3.05, 3.63) is 64.7 Å². The van der Waals surface area contributed by atoms with Crippen molar-refractivity contribution in [2.45, 2.75) is 31.3 Å². The Balaban J connectivity index is 1.98. The summed E-state index contributed by atoms with van der Waals surface area (Å²) in [6, 6.07) is 15.5. The molecule has 2 aliphatic rings. The summed E-state index contributed by atoms with van der Waals surface area (Å²) in [7, 11) is 4.01. The molecule has 21 heavy (non-hydrogen) atoms. The molecule has 1 spiro atoms. The molecule has 0 bridgehead atoms. The smallest absolute Gasteiger partial charge is 0.119 e. The van der Waals surface area contributed by atoms with E-state index in [9.17, 15) is 0 Å². The minimum absolute atomic E-state index is 0.0404. The molecular weight excluding hydrogens is 258 g/mol. The topological polar surface area (TPSA) is 12.5 Å². The molecule has 1 atom stereocenters. The molecule has 2 aromatic rings. The molecule has 0 fully saturated rings. The number of hydrogen-bond acceptors (Lipinski definition) is 2. The van der Waals surface area contributed by atoms with E-state index in [4.69, 9.17) is 4.74 Å². The zero-order chi connectivity index (χ0) is 14.4. The van der Waals surface area contributed by atoms with Gasteiger partial charge in [-0.3, -0.25) is 4.90 Å². The predicted molar refractivity (Wildman–Crippen MR) is 84.6 cm³/mol. The molecule has 0 N–H and O–H groups in total. The largest absolute Gasteiger partial charge is 0.497 e. The minimum atomic E-state index is 0.0404. The van der Waals surface area contributed by atoms with Crippen LogP contribution in [0.5, 0.6) is 5.75 Å². The summed E-state index contributed by atoms with van der Waals surface area (Å²) in [5.41, 5.74) is 5.92. The molecule has 1 unspecified atom stereocenters. The summed E-state index contributed by atoms with van der Waals surface area (Å²) in [4.78, 5) is 2.52. The summed E-state index contributed by atoms with van der Waals surface area (Å²) < 4.78 is 5.48. The van der Waals surface area contributed by atoms with E-state index >= 15 is 0 Å². The maximum absolute atomic E-state index is 5.48. The molecular formula is C19H21NO. The summed E-state index contributed by atoms with van der Waals surface area (Å²) in [6.45, 7) is 1.02. The average Bonchev–Trinajstić information content (AvgIpc) is 2.80. The molecule has 0 radical (unpaired) electrons. The Morgan fingerprint density at radius 3 is 2.76 bits per heavy atom. The van der Waals surface area contributed by atoms with E-state index in [2.05, 4.69) is 54.4 Å². The molecule has 2 heteroatoms. The first-order valence-electron chi connectivity index (χ1n) is 7.73. The lowest BCUT2D eigenvalue weighted by Gasteiger charge is -2.42. The van der Waals surface area contributed by atoms with Crippen LogP contribution in [0, 0.1) is 0 Å². The third kappa shape index (κ3) is 1.69. The lowest BCUT2D eigenvalue weighted by atomic mass is 9.72. The first kappa shape index (κ1) is 12.9. The lowest BCUT2D eigenvalue weighted by Crippen LogP contribution is -2.42. The van der Waals surface area contributed by atoms with Crippen molar-refractivity contribution in [3.63, 3.8) is 0 Å². The van der Waals surface area contributed by atoms with Gasteiger partial charge in [0.05, 0.1) is 12.6 Å². The van der Waals surface area contributed by atoms with E-state index in [-0.39, 0.29) is 5.54 Å². The van der Waals surface area contributed by atoms with Crippen LogP contribution in [0.25, 0.3) is 0 Å². The Labute approximate surface area is 126 Å². The molecule has 2 nitrogen and oxygen atoms in total. The van der Waals surface area contributed by atoms with Crippen molar-refractivity contribution >= 4 is 0 Å². The van der Waals surface area contributed by atoms with Gasteiger partial charge >= 0.3 is 0 Å². The van der Waals surface area contributed by atoms with Crippen LogP contribution >= 0.6 is 0 Å². The van der Waals surface area contributed by atoms with E-state index < -0.39 is 0 Å². The third-order valence-corrected chi connectivity index (χ3v) is 5.27. The quantitative estimate of drug-likeness (QED) is 0.789. The van der Waals surface area contributed by atoms with Gasteiger partial charge < -0.3 is 4.74 Å². The number of hydrogen-bond donors (Lipinski definition) is 0. The van der Waals surface area contributed by atoms with Gasteiger partial charge in [-0.15, -0.1) is 0 Å². The van der Waals surface area contributed by atoms with Crippen molar-refractivity contribution in [2.24, 2.45) is 0 Å². The highest BCUT2D eigenvalue weighted by molar-refractivity contribution is 5.52. The van der Waals surface area contributed by atoms with Crippen LogP contribution in [0.15, 0.2) is 42.5 Å². The standard InChI is InChI=1S/C19H21NO/c1-20-13-15-9-10-16(21-2)12-18(15)19(20)11-5-7-14-6-3-4-8-17(14)19/h3-4,6,8-10,12H,5,7,11,13H2,1-2H3. The fourth-order valence-electron chi connectivity index (χ4n) is 4.29. The Morgan fingerprint density at radius 1 is 1.05 bits per heavy atom. The minimum Gasteiger partial charge on any atom is -0.497 e. The first-order valence-corrected chi connectivity index (χ1v) is 7.73. The van der Waals surface area contributed by atoms with Crippen LogP contribution in [-0.2, 0) is 18.5 Å². The molecule has 108 valence electrons. The summed E-state index contributed by atoms with van der Waals surface area (Å²) >= 11 is 0. The van der Waals surface area contributed by atoms with Crippen molar-refractivity contribution in [1.82, 2.24) is 4.90 Å². The van der Waals surface area contributed by atoms with Crippen molar-refractivity contribution < 1.29 is 4.74 Å². The summed E-state index contributed by atoms with van der Waals surface area (Å²) in [6.07, 6.45) is 3.64. The van der Waals surface area contributed by atoms with E-state index in [0.29, 0.717) is 0 Å². The SMILES string of the molecule is COc1ccc2c(c1)C1(CCCc3ccccc31)N(C)C2. The number of aryl methyl sites for hydroxylation is 1. The fourth-order valence-corrected chi connectivity index (χ4v) is 4.29. The zero-order valence-electron chi connectivity index (χ0n) is 12.7. The Hall–Kier alpha value is -1.80. The summed E-state index contributed by atoms with van der Waals surface area (Å²) in [5.74, 6) is 0.964. The van der Waals surface area contributed by atoms with Crippen molar-refractivity contribution in [2.75, 3.05) is 14.2 Å². The van der Waals surface area contributed by atoms with E-state index in [1.807, 2.05) is 0 Å².